The zero-order chi connectivity index (χ0) is 28.5. The van der Waals surface area contributed by atoms with Crippen molar-refractivity contribution in [3.8, 4) is 0 Å². The Bertz CT molecular complexity index is 1460. The molecule has 2 aliphatic carbocycles. The molecule has 1 N–H and O–H groups in total. The topological polar surface area (TPSA) is 185 Å². The van der Waals surface area contributed by atoms with Crippen LogP contribution in [0.5, 0.6) is 0 Å². The van der Waals surface area contributed by atoms with Crippen LogP contribution in [-0.4, -0.2) is 68.9 Å². The number of rotatable bonds is 8. The van der Waals surface area contributed by atoms with Crippen molar-refractivity contribution in [2.24, 2.45) is 5.10 Å². The standard InChI is InChI=1S/C25H36N4O8S2.2K/c1-16-22(24(30)28(26-16)18-8-12-20(13-9-18)38(32,33)34)6-4-3-5-7-23-17(2)27-29(25(23)31)19-10-14-21(15-11-19)39(35,36)37;;/h3-4,6,18-21,27H,5,7-15H2,1-2H3,(H,32,33,34)(H,35,36,37);;/q;2*+1/p-2/b4-3?,22-6-;;. The molecular weight excluding hydrogens is 627 g/mol. The quantitative estimate of drug-likeness (QED) is 0.166. The van der Waals surface area contributed by atoms with E-state index < -0.39 is 30.7 Å². The zero-order valence-corrected chi connectivity index (χ0v) is 31.9. The number of hydrazone groups is 1. The van der Waals surface area contributed by atoms with Gasteiger partial charge in [-0.2, -0.15) is 5.10 Å². The molecule has 2 saturated carbocycles. The minimum Gasteiger partial charge on any atom is -0.748 e. The molecule has 2 fully saturated rings. The van der Waals surface area contributed by atoms with Gasteiger partial charge in [-0.05, 0) is 84.1 Å². The second-order valence-corrected chi connectivity index (χ2v) is 13.9. The summed E-state index contributed by atoms with van der Waals surface area (Å²) in [7, 11) is -8.64. The maximum absolute atomic E-state index is 13.0. The largest absolute Gasteiger partial charge is 1.00 e. The molecule has 1 amide bonds. The molecule has 3 aliphatic rings. The normalized spacial score (nSPS) is 26.6. The van der Waals surface area contributed by atoms with Crippen molar-refractivity contribution in [1.29, 1.82) is 0 Å². The van der Waals surface area contributed by atoms with Crippen LogP contribution in [0.3, 0.4) is 0 Å². The number of amides is 1. The number of hydrogen-bond acceptors (Lipinski definition) is 9. The van der Waals surface area contributed by atoms with Crippen LogP contribution in [0.1, 0.15) is 82.0 Å². The number of nitrogens with one attached hydrogen (secondary N) is 1. The van der Waals surface area contributed by atoms with Crippen LogP contribution < -0.4 is 108 Å². The molecule has 0 spiro atoms. The third-order valence-corrected chi connectivity index (χ3v) is 10.7. The van der Waals surface area contributed by atoms with Gasteiger partial charge in [0.15, 0.2) is 0 Å². The van der Waals surface area contributed by atoms with Gasteiger partial charge in [0.25, 0.3) is 11.5 Å². The molecule has 1 aliphatic heterocycles. The Morgan fingerprint density at radius 3 is 1.90 bits per heavy atom. The summed E-state index contributed by atoms with van der Waals surface area (Å²) in [6.45, 7) is 3.55. The predicted octanol–water partition coefficient (Wildman–Crippen LogP) is -3.99. The molecule has 0 atom stereocenters. The van der Waals surface area contributed by atoms with Crippen molar-refractivity contribution in [2.75, 3.05) is 0 Å². The van der Waals surface area contributed by atoms with Crippen LogP contribution >= 0.6 is 0 Å². The third-order valence-electron chi connectivity index (χ3n) is 8.08. The fourth-order valence-corrected chi connectivity index (χ4v) is 7.49. The summed E-state index contributed by atoms with van der Waals surface area (Å²) in [6.07, 6.45) is 8.98. The second-order valence-electron chi connectivity index (χ2n) is 10.6. The SMILES string of the molecule is CC1=NN(C2CCC(S(=O)(=O)[O-])CC2)C(=O)/C1=C\C=CCCc1c(C)[nH]n(C2CCC(S(=O)(=O)[O-])CC2)c1=O.[K+].[K+]. The van der Waals surface area contributed by atoms with Crippen LogP contribution in [0.15, 0.2) is 33.7 Å². The van der Waals surface area contributed by atoms with E-state index in [4.69, 9.17) is 0 Å². The summed E-state index contributed by atoms with van der Waals surface area (Å²) in [6, 6.07) is -0.402. The molecule has 16 heteroatoms. The average molecular weight is 661 g/mol. The molecule has 0 radical (unpaired) electrons. The third kappa shape index (κ3) is 9.37. The molecule has 216 valence electrons. The number of aryl methyl sites for hydroxylation is 1. The number of allylic oxidation sites excluding steroid dienone is 3. The maximum Gasteiger partial charge on any atom is 1.00 e. The number of nitrogens with zero attached hydrogens (tertiary/aromatic N) is 3. The summed E-state index contributed by atoms with van der Waals surface area (Å²) in [4.78, 5) is 25.9. The van der Waals surface area contributed by atoms with Gasteiger partial charge in [0.2, 0.25) is 0 Å². The molecule has 1 aromatic heterocycles. The van der Waals surface area contributed by atoms with Crippen molar-refractivity contribution >= 4 is 31.9 Å². The van der Waals surface area contributed by atoms with Gasteiger partial charge in [-0.25, -0.2) is 26.5 Å². The summed E-state index contributed by atoms with van der Waals surface area (Å²) in [5.41, 5.74) is 2.25. The van der Waals surface area contributed by atoms with Gasteiger partial charge in [0.1, 0.15) is 0 Å². The Morgan fingerprint density at radius 2 is 1.39 bits per heavy atom. The van der Waals surface area contributed by atoms with Crippen LogP contribution in [-0.2, 0) is 31.5 Å². The Hall–Kier alpha value is 0.723. The van der Waals surface area contributed by atoms with Gasteiger partial charge in [0.05, 0.1) is 43.6 Å². The van der Waals surface area contributed by atoms with Crippen molar-refractivity contribution < 1.29 is 134 Å². The van der Waals surface area contributed by atoms with E-state index in [2.05, 4.69) is 10.2 Å². The van der Waals surface area contributed by atoms with Crippen LogP contribution in [0, 0.1) is 6.92 Å². The monoisotopic (exact) mass is 660 g/mol. The van der Waals surface area contributed by atoms with Gasteiger partial charge < -0.3 is 9.11 Å². The smallest absolute Gasteiger partial charge is 0.748 e. The fourth-order valence-electron chi connectivity index (χ4n) is 5.79. The van der Waals surface area contributed by atoms with E-state index in [1.54, 1.807) is 23.8 Å². The molecular formula is C25H34K2N4O8S2. The first-order chi connectivity index (χ1) is 18.3. The fraction of sp³-hybridized carbons (Fsp3) is 0.640. The molecule has 12 nitrogen and oxygen atoms in total. The minimum absolute atomic E-state index is 0. The van der Waals surface area contributed by atoms with Gasteiger partial charge in [0, 0.05) is 21.8 Å². The van der Waals surface area contributed by atoms with Crippen molar-refractivity contribution in [1.82, 2.24) is 14.8 Å². The summed E-state index contributed by atoms with van der Waals surface area (Å²) >= 11 is 0. The zero-order valence-electron chi connectivity index (χ0n) is 24.0. The first-order valence-electron chi connectivity index (χ1n) is 13.2. The molecule has 0 unspecified atom stereocenters. The molecule has 1 aromatic rings. The van der Waals surface area contributed by atoms with Gasteiger partial charge in [-0.1, -0.05) is 12.2 Å². The number of aromatic nitrogens is 2. The number of carbonyl (C=O) groups excluding carboxylic acids is 1. The van der Waals surface area contributed by atoms with E-state index in [1.807, 2.05) is 13.0 Å². The maximum atomic E-state index is 13.0. The molecule has 41 heavy (non-hydrogen) atoms. The van der Waals surface area contributed by atoms with E-state index in [1.165, 1.54) is 5.01 Å². The van der Waals surface area contributed by atoms with Crippen molar-refractivity contribution in [3.05, 3.63) is 45.4 Å². The van der Waals surface area contributed by atoms with E-state index in [0.29, 0.717) is 55.4 Å². The van der Waals surface area contributed by atoms with Crippen molar-refractivity contribution in [3.63, 3.8) is 0 Å². The van der Waals surface area contributed by atoms with E-state index in [-0.39, 0.29) is 152 Å². The van der Waals surface area contributed by atoms with Crippen LogP contribution in [0.2, 0.25) is 0 Å². The van der Waals surface area contributed by atoms with Crippen LogP contribution in [0.4, 0.5) is 0 Å². The molecule has 2 heterocycles. The molecule has 0 aromatic carbocycles. The summed E-state index contributed by atoms with van der Waals surface area (Å²) in [5.74, 6) is -0.255. The second kappa shape index (κ2) is 15.8. The average Bonchev–Trinajstić information content (AvgIpc) is 3.32. The van der Waals surface area contributed by atoms with Crippen molar-refractivity contribution in [2.45, 2.75) is 101 Å². The number of H-pyrrole nitrogens is 1. The van der Waals surface area contributed by atoms with Gasteiger partial charge in [-0.15, -0.1) is 0 Å². The summed E-state index contributed by atoms with van der Waals surface area (Å²) < 4.78 is 69.2. The first-order valence-corrected chi connectivity index (χ1v) is 16.2. The first kappa shape index (κ1) is 37.9. The van der Waals surface area contributed by atoms with E-state index >= 15 is 0 Å². The molecule has 0 saturated heterocycles. The number of hydrogen-bond donors (Lipinski definition) is 1. The molecule has 4 rings (SSSR count). The predicted molar refractivity (Wildman–Crippen MR) is 142 cm³/mol. The van der Waals surface area contributed by atoms with Gasteiger partial charge >= 0.3 is 103 Å². The number of aromatic amines is 1. The molecule has 0 bridgehead atoms. The minimum atomic E-state index is -4.33. The van der Waals surface area contributed by atoms with Crippen LogP contribution in [0.25, 0.3) is 0 Å². The van der Waals surface area contributed by atoms with Gasteiger partial charge in [-0.3, -0.25) is 14.7 Å². The number of carbonyl (C=O) groups is 1. The van der Waals surface area contributed by atoms with E-state index in [0.717, 1.165) is 5.69 Å². The Labute approximate surface area is 326 Å². The Morgan fingerprint density at radius 1 is 0.878 bits per heavy atom. The Balaban J connectivity index is 0.00000294. The van der Waals surface area contributed by atoms with E-state index in [9.17, 15) is 35.5 Å². The summed E-state index contributed by atoms with van der Waals surface area (Å²) in [5, 5.41) is 7.08. The Kier molecular flexibility index (Phi) is 14.6.